The van der Waals surface area contributed by atoms with Crippen LogP contribution in [0.15, 0.2) is 4.52 Å². The van der Waals surface area contributed by atoms with Gasteiger partial charge >= 0.3 is 5.97 Å². The van der Waals surface area contributed by atoms with E-state index in [1.807, 2.05) is 25.6 Å². The molecule has 0 radical (unpaired) electrons. The molecule has 5 nitrogen and oxygen atoms in total. The van der Waals surface area contributed by atoms with Crippen LogP contribution in [-0.4, -0.2) is 26.5 Å². The Labute approximate surface area is 129 Å². The molecule has 1 atom stereocenters. The molecule has 0 saturated heterocycles. The molecule has 1 saturated carbocycles. The molecule has 2 rings (SSSR count). The Morgan fingerprint density at radius 2 is 2.14 bits per heavy atom. The maximum Gasteiger partial charge on any atom is 0.310 e. The summed E-state index contributed by atoms with van der Waals surface area (Å²) in [6.07, 6.45) is 5.47. The molecular formula is C15H24N2O3S. The summed E-state index contributed by atoms with van der Waals surface area (Å²) in [5, 5.41) is 14.1. The lowest BCUT2D eigenvalue weighted by Crippen LogP contribution is -2.35. The number of aliphatic carboxylic acids is 1. The van der Waals surface area contributed by atoms with Crippen molar-refractivity contribution in [1.29, 1.82) is 0 Å². The van der Waals surface area contributed by atoms with Gasteiger partial charge < -0.3 is 9.63 Å². The van der Waals surface area contributed by atoms with E-state index >= 15 is 0 Å². The van der Waals surface area contributed by atoms with Gasteiger partial charge in [0.2, 0.25) is 5.89 Å². The monoisotopic (exact) mass is 312 g/mol. The van der Waals surface area contributed by atoms with Crippen LogP contribution in [0.4, 0.5) is 0 Å². The second kappa shape index (κ2) is 6.81. The molecule has 1 N–H and O–H groups in total. The highest BCUT2D eigenvalue weighted by Crippen LogP contribution is 2.33. The van der Waals surface area contributed by atoms with E-state index in [2.05, 4.69) is 10.1 Å². The van der Waals surface area contributed by atoms with Crippen LogP contribution < -0.4 is 0 Å². The van der Waals surface area contributed by atoms with Gasteiger partial charge in [-0.2, -0.15) is 16.7 Å². The van der Waals surface area contributed by atoms with Gasteiger partial charge in [0.1, 0.15) is 0 Å². The minimum absolute atomic E-state index is 0.00165. The first-order valence-electron chi connectivity index (χ1n) is 7.58. The van der Waals surface area contributed by atoms with Crippen molar-refractivity contribution in [3.05, 3.63) is 11.7 Å². The molecule has 1 aromatic rings. The third-order valence-electron chi connectivity index (χ3n) is 4.54. The zero-order chi connectivity index (χ0) is 15.5. The van der Waals surface area contributed by atoms with Crippen LogP contribution in [0, 0.1) is 11.3 Å². The highest BCUT2D eigenvalue weighted by atomic mass is 32.2. The third kappa shape index (κ3) is 3.99. The number of rotatable bonds is 7. The van der Waals surface area contributed by atoms with Crippen molar-refractivity contribution in [3.63, 3.8) is 0 Å². The second-order valence-electron chi connectivity index (χ2n) is 6.38. The lowest BCUT2D eigenvalue weighted by Gasteiger charge is -2.27. The maximum absolute atomic E-state index is 11.5. The molecule has 0 aliphatic heterocycles. The van der Waals surface area contributed by atoms with Crippen molar-refractivity contribution in [2.24, 2.45) is 11.3 Å². The SMILES string of the molecule is CC(C)C(C)(Cc1nc(CSC2CCCC2)no1)C(=O)O. The van der Waals surface area contributed by atoms with E-state index in [1.165, 1.54) is 25.7 Å². The van der Waals surface area contributed by atoms with Crippen LogP contribution in [0.5, 0.6) is 0 Å². The first-order chi connectivity index (χ1) is 9.91. The zero-order valence-electron chi connectivity index (χ0n) is 13.0. The molecule has 21 heavy (non-hydrogen) atoms. The Morgan fingerprint density at radius 1 is 1.48 bits per heavy atom. The summed E-state index contributed by atoms with van der Waals surface area (Å²) in [5.74, 6) is 1.03. The quantitative estimate of drug-likeness (QED) is 0.830. The number of carboxylic acid groups (broad SMARTS) is 1. The number of nitrogens with zero attached hydrogens (tertiary/aromatic N) is 2. The first-order valence-corrected chi connectivity index (χ1v) is 8.63. The largest absolute Gasteiger partial charge is 0.481 e. The summed E-state index contributed by atoms with van der Waals surface area (Å²) >= 11 is 1.88. The smallest absolute Gasteiger partial charge is 0.310 e. The number of carboxylic acids is 1. The number of hydrogen-bond donors (Lipinski definition) is 1. The summed E-state index contributed by atoms with van der Waals surface area (Å²) in [7, 11) is 0. The van der Waals surface area contributed by atoms with Crippen molar-refractivity contribution in [2.75, 3.05) is 0 Å². The predicted octanol–water partition coefficient (Wildman–Crippen LogP) is 3.53. The van der Waals surface area contributed by atoms with Gasteiger partial charge in [0.05, 0.1) is 11.2 Å². The van der Waals surface area contributed by atoms with Crippen LogP contribution in [0.3, 0.4) is 0 Å². The average Bonchev–Trinajstić information content (AvgIpc) is 3.06. The molecule has 0 spiro atoms. The Kier molecular flexibility index (Phi) is 5.30. The van der Waals surface area contributed by atoms with Crippen LogP contribution >= 0.6 is 11.8 Å². The molecule has 1 unspecified atom stereocenters. The zero-order valence-corrected chi connectivity index (χ0v) is 13.8. The van der Waals surface area contributed by atoms with Gasteiger partial charge in [-0.25, -0.2) is 0 Å². The molecule has 1 heterocycles. The molecule has 1 aromatic heterocycles. The van der Waals surface area contributed by atoms with E-state index < -0.39 is 11.4 Å². The van der Waals surface area contributed by atoms with E-state index in [0.717, 1.165) is 5.75 Å². The molecule has 118 valence electrons. The minimum Gasteiger partial charge on any atom is -0.481 e. The maximum atomic E-state index is 11.5. The van der Waals surface area contributed by atoms with E-state index in [9.17, 15) is 9.90 Å². The molecule has 1 aliphatic carbocycles. The average molecular weight is 312 g/mol. The first kappa shape index (κ1) is 16.3. The number of aromatic nitrogens is 2. The molecule has 0 bridgehead atoms. The van der Waals surface area contributed by atoms with E-state index in [4.69, 9.17) is 4.52 Å². The fourth-order valence-corrected chi connectivity index (χ4v) is 3.68. The normalized spacial score (nSPS) is 19.0. The molecule has 0 aromatic carbocycles. The van der Waals surface area contributed by atoms with Crippen molar-refractivity contribution in [1.82, 2.24) is 10.1 Å². The van der Waals surface area contributed by atoms with Crippen molar-refractivity contribution in [2.45, 2.75) is 63.9 Å². The van der Waals surface area contributed by atoms with Gasteiger partial charge in [0.15, 0.2) is 5.82 Å². The molecule has 6 heteroatoms. The van der Waals surface area contributed by atoms with Crippen LogP contribution in [0.25, 0.3) is 0 Å². The van der Waals surface area contributed by atoms with Crippen molar-refractivity contribution < 1.29 is 14.4 Å². The van der Waals surface area contributed by atoms with Gasteiger partial charge in [-0.3, -0.25) is 4.79 Å². The Balaban J connectivity index is 1.94. The summed E-state index contributed by atoms with van der Waals surface area (Å²) in [5.41, 5.74) is -0.873. The van der Waals surface area contributed by atoms with Crippen molar-refractivity contribution in [3.8, 4) is 0 Å². The Morgan fingerprint density at radius 3 is 2.71 bits per heavy atom. The van der Waals surface area contributed by atoms with Gasteiger partial charge in [-0.1, -0.05) is 31.8 Å². The highest BCUT2D eigenvalue weighted by Gasteiger charge is 2.38. The van der Waals surface area contributed by atoms with E-state index in [0.29, 0.717) is 17.0 Å². The standard InChI is InChI=1S/C15H24N2O3S/c1-10(2)15(3,14(18)19)8-13-16-12(17-20-13)9-21-11-6-4-5-7-11/h10-11H,4-9H2,1-3H3,(H,18,19). The Hall–Kier alpha value is -1.04. The van der Waals surface area contributed by atoms with Gasteiger partial charge in [0.25, 0.3) is 0 Å². The highest BCUT2D eigenvalue weighted by molar-refractivity contribution is 7.99. The molecule has 1 fully saturated rings. The summed E-state index contributed by atoms with van der Waals surface area (Å²) < 4.78 is 5.24. The summed E-state index contributed by atoms with van der Waals surface area (Å²) in [6, 6.07) is 0. The summed E-state index contributed by atoms with van der Waals surface area (Å²) in [4.78, 5) is 15.8. The van der Waals surface area contributed by atoms with Crippen LogP contribution in [-0.2, 0) is 17.0 Å². The number of thioether (sulfide) groups is 1. The third-order valence-corrected chi connectivity index (χ3v) is 5.91. The second-order valence-corrected chi connectivity index (χ2v) is 7.66. The number of carbonyl (C=O) groups is 1. The fourth-order valence-electron chi connectivity index (χ4n) is 2.51. The minimum atomic E-state index is -0.873. The fraction of sp³-hybridized carbons (Fsp3) is 0.800. The Bertz CT molecular complexity index is 483. The summed E-state index contributed by atoms with van der Waals surface area (Å²) in [6.45, 7) is 5.54. The van der Waals surface area contributed by atoms with Crippen molar-refractivity contribution >= 4 is 17.7 Å². The molecule has 1 aliphatic rings. The van der Waals surface area contributed by atoms with Gasteiger partial charge in [0, 0.05) is 11.7 Å². The van der Waals surface area contributed by atoms with Gasteiger partial charge in [-0.05, 0) is 25.7 Å². The predicted molar refractivity (Wildman–Crippen MR) is 82.1 cm³/mol. The number of hydrogen-bond acceptors (Lipinski definition) is 5. The molecule has 0 amide bonds. The van der Waals surface area contributed by atoms with E-state index in [-0.39, 0.29) is 12.3 Å². The lowest BCUT2D eigenvalue weighted by molar-refractivity contribution is -0.150. The lowest BCUT2D eigenvalue weighted by atomic mass is 9.76. The van der Waals surface area contributed by atoms with Crippen LogP contribution in [0.1, 0.15) is 58.2 Å². The van der Waals surface area contributed by atoms with E-state index in [1.54, 1.807) is 6.92 Å². The topological polar surface area (TPSA) is 76.2 Å². The molecular weight excluding hydrogens is 288 g/mol. The van der Waals surface area contributed by atoms with Crippen LogP contribution in [0.2, 0.25) is 0 Å². The van der Waals surface area contributed by atoms with Gasteiger partial charge in [-0.15, -0.1) is 0 Å².